The highest BCUT2D eigenvalue weighted by atomic mass is 32.1. The van der Waals surface area contributed by atoms with E-state index in [1.807, 2.05) is 30.3 Å². The first-order chi connectivity index (χ1) is 14.0. The average molecular weight is 410 g/mol. The second-order valence-corrected chi connectivity index (χ2v) is 7.23. The number of hydrogen-bond acceptors (Lipinski definition) is 6. The van der Waals surface area contributed by atoms with Crippen molar-refractivity contribution in [2.24, 2.45) is 0 Å². The fourth-order valence-electron chi connectivity index (χ4n) is 2.69. The minimum Gasteiger partial charge on any atom is -0.462 e. The number of ether oxygens (including phenoxy) is 1. The van der Waals surface area contributed by atoms with Gasteiger partial charge in [0, 0.05) is 29.0 Å². The molecule has 3 rings (SSSR count). The second kappa shape index (κ2) is 9.11. The molecule has 0 atom stereocenters. The van der Waals surface area contributed by atoms with Gasteiger partial charge in [0.1, 0.15) is 5.00 Å². The Bertz CT molecular complexity index is 1030. The molecule has 0 saturated heterocycles. The van der Waals surface area contributed by atoms with Crippen molar-refractivity contribution in [1.82, 2.24) is 0 Å². The summed E-state index contributed by atoms with van der Waals surface area (Å²) in [5, 5.41) is 13.9. The minimum atomic E-state index is -0.532. The van der Waals surface area contributed by atoms with Crippen LogP contribution in [-0.4, -0.2) is 23.4 Å². The molecule has 0 saturated carbocycles. The van der Waals surface area contributed by atoms with Crippen LogP contribution in [0.15, 0.2) is 60.7 Å². The lowest BCUT2D eigenvalue weighted by molar-refractivity contribution is -0.384. The molecule has 1 N–H and O–H groups in total. The number of carbonyl (C=O) groups is 2. The van der Waals surface area contributed by atoms with Gasteiger partial charge in [-0.2, -0.15) is 0 Å². The first-order valence-electron chi connectivity index (χ1n) is 8.87. The monoisotopic (exact) mass is 410 g/mol. The number of hydrogen-bond donors (Lipinski definition) is 1. The topological polar surface area (TPSA) is 98.5 Å². The van der Waals surface area contributed by atoms with Crippen LogP contribution < -0.4 is 5.32 Å². The number of amides is 1. The summed E-state index contributed by atoms with van der Waals surface area (Å²) < 4.78 is 5.10. The standard InChI is InChI=1S/C21H18N2O5S/c1-2-28-21(25)18-13-17(12-14-6-4-3-5-7-14)29-20(18)22-19(24)15-8-10-16(11-9-15)23(26)27/h3-11,13H,2,12H2,1H3,(H,22,24). The molecule has 2 aromatic carbocycles. The summed E-state index contributed by atoms with van der Waals surface area (Å²) >= 11 is 1.30. The molecule has 1 heterocycles. The third-order valence-corrected chi connectivity index (χ3v) is 5.12. The first-order valence-corrected chi connectivity index (χ1v) is 9.69. The van der Waals surface area contributed by atoms with Gasteiger partial charge >= 0.3 is 5.97 Å². The Kier molecular flexibility index (Phi) is 6.36. The fraction of sp³-hybridized carbons (Fsp3) is 0.143. The van der Waals surface area contributed by atoms with E-state index in [9.17, 15) is 19.7 Å². The molecule has 1 aromatic heterocycles. The van der Waals surface area contributed by atoms with Crippen LogP contribution in [0.1, 0.15) is 38.1 Å². The Balaban J connectivity index is 1.84. The van der Waals surface area contributed by atoms with E-state index in [0.717, 1.165) is 10.4 Å². The van der Waals surface area contributed by atoms with Crippen LogP contribution in [-0.2, 0) is 11.2 Å². The summed E-state index contributed by atoms with van der Waals surface area (Å²) in [4.78, 5) is 36.0. The maximum atomic E-state index is 12.6. The van der Waals surface area contributed by atoms with Gasteiger partial charge in [0.05, 0.1) is 17.1 Å². The molecular formula is C21H18N2O5S. The Morgan fingerprint density at radius 1 is 1.10 bits per heavy atom. The molecule has 0 unspecified atom stereocenters. The maximum absolute atomic E-state index is 12.6. The number of carbonyl (C=O) groups excluding carboxylic acids is 2. The lowest BCUT2D eigenvalue weighted by Gasteiger charge is -2.06. The van der Waals surface area contributed by atoms with Gasteiger partial charge in [0.2, 0.25) is 0 Å². The van der Waals surface area contributed by atoms with Crippen LogP contribution in [0.3, 0.4) is 0 Å². The van der Waals surface area contributed by atoms with E-state index < -0.39 is 16.8 Å². The Morgan fingerprint density at radius 3 is 2.41 bits per heavy atom. The van der Waals surface area contributed by atoms with Gasteiger partial charge in [-0.1, -0.05) is 30.3 Å². The van der Waals surface area contributed by atoms with Crippen LogP contribution >= 0.6 is 11.3 Å². The third kappa shape index (κ3) is 5.05. The van der Waals surface area contributed by atoms with Gasteiger partial charge in [-0.25, -0.2) is 4.79 Å². The zero-order valence-corrected chi connectivity index (χ0v) is 16.4. The lowest BCUT2D eigenvalue weighted by atomic mass is 10.1. The Labute approximate surface area is 171 Å². The van der Waals surface area contributed by atoms with Crippen LogP contribution in [0.5, 0.6) is 0 Å². The molecule has 1 amide bonds. The predicted molar refractivity (Wildman–Crippen MR) is 111 cm³/mol. The van der Waals surface area contributed by atoms with Gasteiger partial charge in [-0.3, -0.25) is 14.9 Å². The van der Waals surface area contributed by atoms with Crippen molar-refractivity contribution in [2.75, 3.05) is 11.9 Å². The largest absolute Gasteiger partial charge is 0.462 e. The molecule has 8 heteroatoms. The first kappa shape index (κ1) is 20.2. The molecule has 0 aliphatic carbocycles. The number of nitro benzene ring substituents is 1. The summed E-state index contributed by atoms with van der Waals surface area (Å²) in [7, 11) is 0. The second-order valence-electron chi connectivity index (χ2n) is 6.10. The van der Waals surface area contributed by atoms with E-state index in [1.54, 1.807) is 13.0 Å². The van der Waals surface area contributed by atoms with Crippen molar-refractivity contribution in [3.05, 3.63) is 92.3 Å². The van der Waals surface area contributed by atoms with Gasteiger partial charge in [0.15, 0.2) is 0 Å². The minimum absolute atomic E-state index is 0.102. The lowest BCUT2D eigenvalue weighted by Crippen LogP contribution is -2.14. The number of nitrogens with one attached hydrogen (secondary N) is 1. The number of rotatable bonds is 7. The highest BCUT2D eigenvalue weighted by molar-refractivity contribution is 7.16. The normalized spacial score (nSPS) is 10.4. The van der Waals surface area contributed by atoms with Crippen LogP contribution in [0.4, 0.5) is 10.7 Å². The summed E-state index contributed by atoms with van der Waals surface area (Å²) in [6, 6.07) is 16.8. The number of nitrogens with zero attached hydrogens (tertiary/aromatic N) is 1. The summed E-state index contributed by atoms with van der Waals surface area (Å²) in [6.45, 7) is 1.93. The van der Waals surface area contributed by atoms with E-state index in [2.05, 4.69) is 5.32 Å². The molecule has 0 spiro atoms. The molecule has 0 aliphatic rings. The molecule has 0 fully saturated rings. The van der Waals surface area contributed by atoms with E-state index in [-0.39, 0.29) is 23.4 Å². The molecule has 148 valence electrons. The van der Waals surface area contributed by atoms with Crippen molar-refractivity contribution in [3.8, 4) is 0 Å². The van der Waals surface area contributed by atoms with Gasteiger partial charge < -0.3 is 10.1 Å². The molecule has 3 aromatic rings. The van der Waals surface area contributed by atoms with Gasteiger partial charge in [0.25, 0.3) is 11.6 Å². The van der Waals surface area contributed by atoms with Gasteiger partial charge in [-0.05, 0) is 30.7 Å². The molecule has 0 radical (unpaired) electrons. The number of esters is 1. The van der Waals surface area contributed by atoms with E-state index in [0.29, 0.717) is 11.4 Å². The van der Waals surface area contributed by atoms with Crippen molar-refractivity contribution in [2.45, 2.75) is 13.3 Å². The molecule has 29 heavy (non-hydrogen) atoms. The van der Waals surface area contributed by atoms with Crippen LogP contribution in [0.25, 0.3) is 0 Å². The smallest absolute Gasteiger partial charge is 0.341 e. The molecule has 0 bridgehead atoms. The summed E-state index contributed by atoms with van der Waals surface area (Å²) in [5.74, 6) is -0.972. The summed E-state index contributed by atoms with van der Waals surface area (Å²) in [5.41, 5.74) is 1.52. The van der Waals surface area contributed by atoms with Crippen molar-refractivity contribution in [1.29, 1.82) is 0 Å². The highest BCUT2D eigenvalue weighted by Gasteiger charge is 2.20. The highest BCUT2D eigenvalue weighted by Crippen LogP contribution is 2.31. The third-order valence-electron chi connectivity index (χ3n) is 4.07. The number of anilines is 1. The zero-order chi connectivity index (χ0) is 20.8. The maximum Gasteiger partial charge on any atom is 0.341 e. The number of nitro groups is 1. The molecule has 0 aliphatic heterocycles. The van der Waals surface area contributed by atoms with Crippen molar-refractivity contribution in [3.63, 3.8) is 0 Å². The van der Waals surface area contributed by atoms with E-state index >= 15 is 0 Å². The number of non-ortho nitro benzene ring substituents is 1. The van der Waals surface area contributed by atoms with E-state index in [1.165, 1.54) is 35.6 Å². The molecular weight excluding hydrogens is 392 g/mol. The average Bonchev–Trinajstić information content (AvgIpc) is 3.11. The quantitative estimate of drug-likeness (QED) is 0.346. The van der Waals surface area contributed by atoms with Crippen LogP contribution in [0, 0.1) is 10.1 Å². The Hall–Kier alpha value is -3.52. The predicted octanol–water partition coefficient (Wildman–Crippen LogP) is 4.68. The van der Waals surface area contributed by atoms with Crippen LogP contribution in [0.2, 0.25) is 0 Å². The Morgan fingerprint density at radius 2 is 1.79 bits per heavy atom. The molecule has 7 nitrogen and oxygen atoms in total. The summed E-state index contributed by atoms with van der Waals surface area (Å²) in [6.07, 6.45) is 0.616. The van der Waals surface area contributed by atoms with Crippen molar-refractivity contribution < 1.29 is 19.2 Å². The fourth-order valence-corrected chi connectivity index (χ4v) is 3.76. The van der Waals surface area contributed by atoms with Gasteiger partial charge in [-0.15, -0.1) is 11.3 Å². The number of thiophene rings is 1. The number of benzene rings is 2. The zero-order valence-electron chi connectivity index (χ0n) is 15.6. The van der Waals surface area contributed by atoms with Crippen molar-refractivity contribution >= 4 is 33.9 Å². The SMILES string of the molecule is CCOC(=O)c1cc(Cc2ccccc2)sc1NC(=O)c1ccc([N+](=O)[O-])cc1. The van der Waals surface area contributed by atoms with E-state index in [4.69, 9.17) is 4.74 Å².